The fourth-order valence-corrected chi connectivity index (χ4v) is 2.82. The number of halogens is 1. The second kappa shape index (κ2) is 4.10. The van der Waals surface area contributed by atoms with Crippen LogP contribution >= 0.6 is 11.6 Å². The summed E-state index contributed by atoms with van der Waals surface area (Å²) in [6.45, 7) is 2.07. The number of fused-ring (bicyclic) bond motifs is 1. The second-order valence-electron chi connectivity index (χ2n) is 4.69. The summed E-state index contributed by atoms with van der Waals surface area (Å²) in [6.07, 6.45) is 2.84. The Balaban J connectivity index is 2.28. The first-order valence-electron chi connectivity index (χ1n) is 5.54. The fraction of sp³-hybridized carbons (Fsp3) is 0.462. The molecule has 0 aromatic heterocycles. The maximum atomic E-state index is 10.9. The zero-order valence-electron chi connectivity index (χ0n) is 9.29. The lowest BCUT2D eigenvalue weighted by atomic mass is 9.79. The predicted molar refractivity (Wildman–Crippen MR) is 63.8 cm³/mol. The lowest BCUT2D eigenvalue weighted by Gasteiger charge is -2.25. The van der Waals surface area contributed by atoms with E-state index in [9.17, 15) is 4.79 Å². The van der Waals surface area contributed by atoms with Gasteiger partial charge in [0.25, 0.3) is 0 Å². The molecule has 0 spiro atoms. The number of hydrogen-bond acceptors (Lipinski definition) is 1. The van der Waals surface area contributed by atoms with E-state index in [0.29, 0.717) is 0 Å². The molecular formula is C13H15ClO2. The van der Waals surface area contributed by atoms with Crippen LogP contribution in [0.3, 0.4) is 0 Å². The summed E-state index contributed by atoms with van der Waals surface area (Å²) in [5.74, 6) is -0.708. The van der Waals surface area contributed by atoms with Gasteiger partial charge >= 0.3 is 5.97 Å². The molecule has 1 unspecified atom stereocenters. The SMILES string of the molecule is CCC1(CC(=O)O)Cc2ccc(Cl)cc2C1. The van der Waals surface area contributed by atoms with Crippen molar-refractivity contribution in [2.45, 2.75) is 32.6 Å². The lowest BCUT2D eigenvalue weighted by molar-refractivity contribution is -0.139. The molecule has 1 aliphatic carbocycles. The van der Waals surface area contributed by atoms with Crippen molar-refractivity contribution in [3.05, 3.63) is 34.3 Å². The maximum absolute atomic E-state index is 10.9. The Labute approximate surface area is 100 Å². The largest absolute Gasteiger partial charge is 0.481 e. The zero-order valence-corrected chi connectivity index (χ0v) is 10.0. The van der Waals surface area contributed by atoms with Gasteiger partial charge in [0.15, 0.2) is 0 Å². The number of aliphatic carboxylic acids is 1. The van der Waals surface area contributed by atoms with Gasteiger partial charge in [-0.05, 0) is 47.9 Å². The third-order valence-corrected chi connectivity index (χ3v) is 3.81. The molecule has 0 fully saturated rings. The van der Waals surface area contributed by atoms with Crippen molar-refractivity contribution in [3.63, 3.8) is 0 Å². The normalized spacial score (nSPS) is 23.1. The van der Waals surface area contributed by atoms with E-state index in [4.69, 9.17) is 16.7 Å². The molecule has 0 heterocycles. The lowest BCUT2D eigenvalue weighted by Crippen LogP contribution is -2.24. The number of carboxylic acids is 1. The second-order valence-corrected chi connectivity index (χ2v) is 5.13. The van der Waals surface area contributed by atoms with Crippen molar-refractivity contribution in [1.29, 1.82) is 0 Å². The summed E-state index contributed by atoms with van der Waals surface area (Å²) in [5.41, 5.74) is 2.38. The molecule has 16 heavy (non-hydrogen) atoms. The molecule has 0 amide bonds. The van der Waals surface area contributed by atoms with E-state index in [0.717, 1.165) is 24.3 Å². The summed E-state index contributed by atoms with van der Waals surface area (Å²) in [6, 6.07) is 5.87. The molecule has 2 nitrogen and oxygen atoms in total. The summed E-state index contributed by atoms with van der Waals surface area (Å²) in [4.78, 5) is 10.9. The monoisotopic (exact) mass is 238 g/mol. The Bertz CT molecular complexity index is 428. The van der Waals surface area contributed by atoms with E-state index in [-0.39, 0.29) is 11.8 Å². The molecule has 86 valence electrons. The number of hydrogen-bond donors (Lipinski definition) is 1. The molecule has 0 saturated carbocycles. The van der Waals surface area contributed by atoms with E-state index < -0.39 is 5.97 Å². The van der Waals surface area contributed by atoms with Crippen LogP contribution in [-0.4, -0.2) is 11.1 Å². The molecule has 1 aromatic rings. The van der Waals surface area contributed by atoms with Crippen LogP contribution in [-0.2, 0) is 17.6 Å². The summed E-state index contributed by atoms with van der Waals surface area (Å²) >= 11 is 5.95. The smallest absolute Gasteiger partial charge is 0.303 e. The van der Waals surface area contributed by atoms with Gasteiger partial charge in [0.05, 0.1) is 6.42 Å². The van der Waals surface area contributed by atoms with Crippen molar-refractivity contribution in [2.75, 3.05) is 0 Å². The van der Waals surface area contributed by atoms with Gasteiger partial charge in [-0.1, -0.05) is 24.6 Å². The van der Waals surface area contributed by atoms with Crippen molar-refractivity contribution < 1.29 is 9.90 Å². The van der Waals surface area contributed by atoms with Crippen molar-refractivity contribution in [3.8, 4) is 0 Å². The van der Waals surface area contributed by atoms with Crippen molar-refractivity contribution in [1.82, 2.24) is 0 Å². The topological polar surface area (TPSA) is 37.3 Å². The van der Waals surface area contributed by atoms with Crippen LogP contribution in [0.1, 0.15) is 30.9 Å². The van der Waals surface area contributed by atoms with E-state index in [1.54, 1.807) is 0 Å². The third-order valence-electron chi connectivity index (χ3n) is 3.58. The minimum Gasteiger partial charge on any atom is -0.481 e. The quantitative estimate of drug-likeness (QED) is 0.877. The van der Waals surface area contributed by atoms with E-state index in [1.165, 1.54) is 11.1 Å². The predicted octanol–water partition coefficient (Wildman–Crippen LogP) is 3.31. The Morgan fingerprint density at radius 2 is 2.12 bits per heavy atom. The summed E-state index contributed by atoms with van der Waals surface area (Å²) in [5, 5.41) is 9.71. The highest BCUT2D eigenvalue weighted by Gasteiger charge is 2.37. The first-order valence-corrected chi connectivity index (χ1v) is 5.91. The highest BCUT2D eigenvalue weighted by atomic mass is 35.5. The van der Waals surface area contributed by atoms with Gasteiger partial charge in [-0.25, -0.2) is 0 Å². The molecule has 1 N–H and O–H groups in total. The Morgan fingerprint density at radius 1 is 1.44 bits per heavy atom. The maximum Gasteiger partial charge on any atom is 0.303 e. The molecule has 0 radical (unpaired) electrons. The van der Waals surface area contributed by atoms with Gasteiger partial charge < -0.3 is 5.11 Å². The standard InChI is InChI=1S/C13H15ClO2/c1-2-13(8-12(15)16)6-9-3-4-11(14)5-10(9)7-13/h3-5H,2,6-8H2,1H3,(H,15,16). The zero-order chi connectivity index (χ0) is 11.8. The minimum atomic E-state index is -0.708. The van der Waals surface area contributed by atoms with Crippen molar-refractivity contribution >= 4 is 17.6 Å². The molecule has 3 heteroatoms. The molecule has 0 bridgehead atoms. The van der Waals surface area contributed by atoms with Crippen LogP contribution in [0.5, 0.6) is 0 Å². The molecule has 1 aliphatic rings. The average Bonchev–Trinajstić information content (AvgIpc) is 2.54. The Kier molecular flexibility index (Phi) is 2.94. The molecular weight excluding hydrogens is 224 g/mol. The van der Waals surface area contributed by atoms with Gasteiger partial charge in [0, 0.05) is 5.02 Å². The number of rotatable bonds is 3. The van der Waals surface area contributed by atoms with Crippen LogP contribution in [0.4, 0.5) is 0 Å². The number of benzene rings is 1. The molecule has 0 saturated heterocycles. The molecule has 0 aliphatic heterocycles. The van der Waals surface area contributed by atoms with Crippen LogP contribution in [0.2, 0.25) is 5.02 Å². The van der Waals surface area contributed by atoms with Gasteiger partial charge in [0.1, 0.15) is 0 Å². The number of carboxylic acid groups (broad SMARTS) is 1. The van der Waals surface area contributed by atoms with Gasteiger partial charge in [0.2, 0.25) is 0 Å². The summed E-state index contributed by atoms with van der Waals surface area (Å²) < 4.78 is 0. The summed E-state index contributed by atoms with van der Waals surface area (Å²) in [7, 11) is 0. The van der Waals surface area contributed by atoms with E-state index >= 15 is 0 Å². The van der Waals surface area contributed by atoms with Crippen LogP contribution in [0.15, 0.2) is 18.2 Å². The first kappa shape index (κ1) is 11.5. The van der Waals surface area contributed by atoms with E-state index in [1.807, 2.05) is 18.2 Å². The van der Waals surface area contributed by atoms with Crippen molar-refractivity contribution in [2.24, 2.45) is 5.41 Å². The van der Waals surface area contributed by atoms with Gasteiger partial charge in [-0.15, -0.1) is 0 Å². The fourth-order valence-electron chi connectivity index (χ4n) is 2.62. The minimum absolute atomic E-state index is 0.0984. The van der Waals surface area contributed by atoms with Gasteiger partial charge in [-0.2, -0.15) is 0 Å². The van der Waals surface area contributed by atoms with E-state index in [2.05, 4.69) is 6.92 Å². The van der Waals surface area contributed by atoms with Gasteiger partial charge in [-0.3, -0.25) is 4.79 Å². The number of carbonyl (C=O) groups is 1. The third kappa shape index (κ3) is 2.07. The highest BCUT2D eigenvalue weighted by molar-refractivity contribution is 6.30. The molecule has 1 aromatic carbocycles. The Hall–Kier alpha value is -1.02. The first-order chi connectivity index (χ1) is 7.54. The molecule has 2 rings (SSSR count). The molecule has 1 atom stereocenters. The van der Waals surface area contributed by atoms with Crippen LogP contribution in [0, 0.1) is 5.41 Å². The van der Waals surface area contributed by atoms with Crippen LogP contribution < -0.4 is 0 Å². The van der Waals surface area contributed by atoms with Crippen LogP contribution in [0.25, 0.3) is 0 Å². The average molecular weight is 239 g/mol. The highest BCUT2D eigenvalue weighted by Crippen LogP contribution is 2.42. The Morgan fingerprint density at radius 3 is 2.75 bits per heavy atom.